The maximum Gasteiger partial charge on any atom is 0.125 e. The van der Waals surface area contributed by atoms with Crippen LogP contribution < -0.4 is 10.5 Å². The predicted octanol–water partition coefficient (Wildman–Crippen LogP) is 3.70. The van der Waals surface area contributed by atoms with Gasteiger partial charge in [-0.2, -0.15) is 0 Å². The zero-order valence-corrected chi connectivity index (χ0v) is 10.8. The van der Waals surface area contributed by atoms with Crippen LogP contribution in [-0.4, -0.2) is 6.61 Å². The third-order valence-corrected chi connectivity index (χ3v) is 2.78. The van der Waals surface area contributed by atoms with Crippen molar-refractivity contribution in [2.75, 3.05) is 12.3 Å². The molecule has 0 saturated carbocycles. The van der Waals surface area contributed by atoms with Crippen LogP contribution in [0.15, 0.2) is 12.1 Å². The maximum absolute atomic E-state index is 5.88. The number of nitrogens with two attached hydrogens (primary N) is 1. The van der Waals surface area contributed by atoms with E-state index in [0.717, 1.165) is 29.2 Å². The smallest absolute Gasteiger partial charge is 0.125 e. The molecule has 0 aromatic heterocycles. The summed E-state index contributed by atoms with van der Waals surface area (Å²) >= 11 is 0. The summed E-state index contributed by atoms with van der Waals surface area (Å²) in [5.74, 6) is 1.61. The van der Waals surface area contributed by atoms with E-state index in [9.17, 15) is 0 Å². The predicted molar refractivity (Wildman–Crippen MR) is 69.9 cm³/mol. The summed E-state index contributed by atoms with van der Waals surface area (Å²) in [6.45, 7) is 9.31. The summed E-state index contributed by atoms with van der Waals surface area (Å²) < 4.78 is 5.88. The van der Waals surface area contributed by atoms with Gasteiger partial charge < -0.3 is 10.5 Å². The number of benzene rings is 1. The highest BCUT2D eigenvalue weighted by atomic mass is 16.5. The molecule has 1 aromatic carbocycles. The van der Waals surface area contributed by atoms with Crippen molar-refractivity contribution in [1.82, 2.24) is 0 Å². The molecule has 90 valence electrons. The second kappa shape index (κ2) is 5.78. The molecule has 0 radical (unpaired) electrons. The first-order chi connectivity index (χ1) is 7.54. The van der Waals surface area contributed by atoms with Gasteiger partial charge in [0.05, 0.1) is 6.61 Å². The van der Waals surface area contributed by atoms with E-state index in [1.165, 1.54) is 12.8 Å². The number of rotatable bonds is 5. The average Bonchev–Trinajstić information content (AvgIpc) is 2.16. The van der Waals surface area contributed by atoms with Crippen LogP contribution in [0.3, 0.4) is 0 Å². The van der Waals surface area contributed by atoms with E-state index in [0.29, 0.717) is 5.92 Å². The standard InChI is InChI=1S/C14H23NO/c1-5-6-10(2)9-16-14-11(3)7-13(15)8-12(14)4/h7-8,10H,5-6,9,15H2,1-4H3. The normalized spacial score (nSPS) is 12.5. The second-order valence-corrected chi connectivity index (χ2v) is 4.69. The Kier molecular flexibility index (Phi) is 4.66. The lowest BCUT2D eigenvalue weighted by atomic mass is 10.1. The molecule has 0 aliphatic rings. The number of hydrogen-bond donors (Lipinski definition) is 1. The highest BCUT2D eigenvalue weighted by Crippen LogP contribution is 2.26. The van der Waals surface area contributed by atoms with Crippen LogP contribution in [0.2, 0.25) is 0 Å². The molecule has 0 spiro atoms. The SMILES string of the molecule is CCCC(C)COc1c(C)cc(N)cc1C. The number of anilines is 1. The molecule has 2 N–H and O–H groups in total. The molecule has 1 atom stereocenters. The summed E-state index contributed by atoms with van der Waals surface area (Å²) in [5, 5.41) is 0. The van der Waals surface area contributed by atoms with Gasteiger partial charge in [0, 0.05) is 5.69 Å². The van der Waals surface area contributed by atoms with E-state index in [-0.39, 0.29) is 0 Å². The molecular weight excluding hydrogens is 198 g/mol. The summed E-state index contributed by atoms with van der Waals surface area (Å²) in [4.78, 5) is 0. The third-order valence-electron chi connectivity index (χ3n) is 2.78. The Labute approximate surface area is 98.8 Å². The van der Waals surface area contributed by atoms with Crippen LogP contribution in [0.1, 0.15) is 37.8 Å². The van der Waals surface area contributed by atoms with Crippen molar-refractivity contribution in [2.24, 2.45) is 5.92 Å². The molecule has 2 heteroatoms. The molecule has 0 heterocycles. The van der Waals surface area contributed by atoms with Gasteiger partial charge in [-0.15, -0.1) is 0 Å². The van der Waals surface area contributed by atoms with E-state index in [1.54, 1.807) is 0 Å². The van der Waals surface area contributed by atoms with Gasteiger partial charge in [0.2, 0.25) is 0 Å². The Morgan fingerprint density at radius 3 is 2.31 bits per heavy atom. The summed E-state index contributed by atoms with van der Waals surface area (Å²) in [6, 6.07) is 3.93. The fraction of sp³-hybridized carbons (Fsp3) is 0.571. The van der Waals surface area contributed by atoms with Crippen molar-refractivity contribution in [3.63, 3.8) is 0 Å². The molecule has 0 fully saturated rings. The van der Waals surface area contributed by atoms with E-state index in [4.69, 9.17) is 10.5 Å². The van der Waals surface area contributed by atoms with Crippen molar-refractivity contribution >= 4 is 5.69 Å². The summed E-state index contributed by atoms with van der Waals surface area (Å²) in [7, 11) is 0. The number of hydrogen-bond acceptors (Lipinski definition) is 2. The Morgan fingerprint density at radius 1 is 1.25 bits per heavy atom. The van der Waals surface area contributed by atoms with Crippen molar-refractivity contribution in [1.29, 1.82) is 0 Å². The fourth-order valence-electron chi connectivity index (χ4n) is 2.01. The largest absolute Gasteiger partial charge is 0.493 e. The van der Waals surface area contributed by atoms with Crippen LogP contribution in [0.4, 0.5) is 5.69 Å². The van der Waals surface area contributed by atoms with Gasteiger partial charge in [-0.25, -0.2) is 0 Å². The Hall–Kier alpha value is -1.18. The van der Waals surface area contributed by atoms with E-state index in [1.807, 2.05) is 26.0 Å². The van der Waals surface area contributed by atoms with Crippen LogP contribution in [0.25, 0.3) is 0 Å². The molecule has 0 amide bonds. The second-order valence-electron chi connectivity index (χ2n) is 4.69. The van der Waals surface area contributed by atoms with Crippen LogP contribution >= 0.6 is 0 Å². The fourth-order valence-corrected chi connectivity index (χ4v) is 2.01. The van der Waals surface area contributed by atoms with E-state index < -0.39 is 0 Å². The molecule has 2 nitrogen and oxygen atoms in total. The minimum atomic E-state index is 0.612. The monoisotopic (exact) mass is 221 g/mol. The Bertz CT molecular complexity index is 324. The zero-order chi connectivity index (χ0) is 12.1. The van der Waals surface area contributed by atoms with Gasteiger partial charge in [0.15, 0.2) is 0 Å². The van der Waals surface area contributed by atoms with Gasteiger partial charge in [0.1, 0.15) is 5.75 Å². The highest BCUT2D eigenvalue weighted by molar-refractivity contribution is 5.52. The van der Waals surface area contributed by atoms with Gasteiger partial charge in [-0.3, -0.25) is 0 Å². The zero-order valence-electron chi connectivity index (χ0n) is 10.8. The van der Waals surface area contributed by atoms with E-state index >= 15 is 0 Å². The minimum Gasteiger partial charge on any atom is -0.493 e. The number of aryl methyl sites for hydroxylation is 2. The summed E-state index contributed by atoms with van der Waals surface area (Å²) in [5.41, 5.74) is 8.84. The van der Waals surface area contributed by atoms with Crippen LogP contribution in [-0.2, 0) is 0 Å². The maximum atomic E-state index is 5.88. The molecule has 0 aliphatic heterocycles. The van der Waals surface area contributed by atoms with Crippen molar-refractivity contribution < 1.29 is 4.74 Å². The highest BCUT2D eigenvalue weighted by Gasteiger charge is 2.07. The lowest BCUT2D eigenvalue weighted by molar-refractivity contribution is 0.249. The van der Waals surface area contributed by atoms with Crippen LogP contribution in [0.5, 0.6) is 5.75 Å². The third kappa shape index (κ3) is 3.44. The quantitative estimate of drug-likeness (QED) is 0.769. The average molecular weight is 221 g/mol. The van der Waals surface area contributed by atoms with Gasteiger partial charge >= 0.3 is 0 Å². The molecule has 0 saturated heterocycles. The molecule has 0 bridgehead atoms. The lowest BCUT2D eigenvalue weighted by Crippen LogP contribution is -2.09. The molecule has 1 rings (SSSR count). The molecule has 1 unspecified atom stereocenters. The Morgan fingerprint density at radius 2 is 1.81 bits per heavy atom. The van der Waals surface area contributed by atoms with Gasteiger partial charge in [-0.05, 0) is 49.4 Å². The minimum absolute atomic E-state index is 0.612. The topological polar surface area (TPSA) is 35.2 Å². The number of ether oxygens (including phenoxy) is 1. The molecular formula is C14H23NO. The van der Waals surface area contributed by atoms with Crippen molar-refractivity contribution in [3.05, 3.63) is 23.3 Å². The van der Waals surface area contributed by atoms with Crippen molar-refractivity contribution in [3.8, 4) is 5.75 Å². The first kappa shape index (κ1) is 12.9. The molecule has 16 heavy (non-hydrogen) atoms. The summed E-state index contributed by atoms with van der Waals surface area (Å²) in [6.07, 6.45) is 2.43. The van der Waals surface area contributed by atoms with Gasteiger partial charge in [-0.1, -0.05) is 20.3 Å². The first-order valence-corrected chi connectivity index (χ1v) is 6.04. The lowest BCUT2D eigenvalue weighted by Gasteiger charge is -2.16. The molecule has 1 aromatic rings. The van der Waals surface area contributed by atoms with E-state index in [2.05, 4.69) is 13.8 Å². The first-order valence-electron chi connectivity index (χ1n) is 6.04. The number of nitrogen functional groups attached to an aromatic ring is 1. The molecule has 0 aliphatic carbocycles. The van der Waals surface area contributed by atoms with Gasteiger partial charge in [0.25, 0.3) is 0 Å². The Balaban J connectivity index is 2.67. The van der Waals surface area contributed by atoms with Crippen molar-refractivity contribution in [2.45, 2.75) is 40.5 Å². The van der Waals surface area contributed by atoms with Crippen LogP contribution in [0, 0.1) is 19.8 Å².